The Kier molecular flexibility index (Phi) is 3.15. The van der Waals surface area contributed by atoms with Gasteiger partial charge in [0.1, 0.15) is 0 Å². The summed E-state index contributed by atoms with van der Waals surface area (Å²) in [7, 11) is 0. The van der Waals surface area contributed by atoms with Gasteiger partial charge in [0, 0.05) is 23.8 Å². The molecule has 3 rings (SSSR count). The van der Waals surface area contributed by atoms with Crippen LogP contribution >= 0.6 is 0 Å². The Morgan fingerprint density at radius 1 is 0.842 bits per heavy atom. The van der Waals surface area contributed by atoms with Gasteiger partial charge in [0.05, 0.1) is 5.39 Å². The summed E-state index contributed by atoms with van der Waals surface area (Å²) in [5.41, 5.74) is 3.36. The molecular weight excluding hydrogens is 234 g/mol. The molecule has 0 aliphatic heterocycles. The topological polar surface area (TPSA) is 13.1 Å². The lowest BCUT2D eigenvalue weighted by atomic mass is 10.2. The maximum atomic E-state index is 5.95. The second-order valence-electron chi connectivity index (χ2n) is 4.59. The SMILES string of the molecule is Cc1ccc2ccccc2[n+]1OCc1ccccc1. The van der Waals surface area contributed by atoms with Crippen molar-refractivity contribution in [3.63, 3.8) is 0 Å². The Morgan fingerprint density at radius 2 is 1.58 bits per heavy atom. The summed E-state index contributed by atoms with van der Waals surface area (Å²) in [5, 5.41) is 1.18. The van der Waals surface area contributed by atoms with E-state index in [0.29, 0.717) is 6.61 Å². The van der Waals surface area contributed by atoms with E-state index < -0.39 is 0 Å². The molecule has 0 bridgehead atoms. The van der Waals surface area contributed by atoms with Gasteiger partial charge < -0.3 is 0 Å². The highest BCUT2D eigenvalue weighted by Gasteiger charge is 2.14. The number of para-hydroxylation sites is 1. The maximum Gasteiger partial charge on any atom is 0.265 e. The first-order valence-electron chi connectivity index (χ1n) is 6.42. The molecule has 2 aromatic carbocycles. The molecule has 1 aromatic heterocycles. The average Bonchev–Trinajstić information content (AvgIpc) is 2.47. The van der Waals surface area contributed by atoms with Crippen LogP contribution in [-0.2, 0) is 6.61 Å². The van der Waals surface area contributed by atoms with Crippen LogP contribution in [0.25, 0.3) is 10.9 Å². The van der Waals surface area contributed by atoms with Crippen molar-refractivity contribution in [3.05, 3.63) is 78.0 Å². The Labute approximate surface area is 112 Å². The highest BCUT2D eigenvalue weighted by Crippen LogP contribution is 2.09. The highest BCUT2D eigenvalue weighted by molar-refractivity contribution is 5.75. The predicted molar refractivity (Wildman–Crippen MR) is 75.6 cm³/mol. The second-order valence-corrected chi connectivity index (χ2v) is 4.59. The van der Waals surface area contributed by atoms with Crippen molar-refractivity contribution in [1.29, 1.82) is 0 Å². The number of pyridine rings is 1. The quantitative estimate of drug-likeness (QED) is 0.651. The Bertz CT molecular complexity index is 692. The first kappa shape index (κ1) is 11.7. The van der Waals surface area contributed by atoms with Crippen LogP contribution in [0.15, 0.2) is 66.7 Å². The maximum absolute atomic E-state index is 5.95. The van der Waals surface area contributed by atoms with Gasteiger partial charge in [-0.05, 0) is 17.7 Å². The molecule has 0 N–H and O–H groups in total. The second kappa shape index (κ2) is 5.11. The molecule has 0 atom stereocenters. The number of fused-ring (bicyclic) bond motifs is 1. The van der Waals surface area contributed by atoms with E-state index in [-0.39, 0.29) is 0 Å². The lowest BCUT2D eigenvalue weighted by Gasteiger charge is -2.04. The number of benzene rings is 2. The van der Waals surface area contributed by atoms with Crippen molar-refractivity contribution in [2.24, 2.45) is 0 Å². The number of aryl methyl sites for hydroxylation is 1. The van der Waals surface area contributed by atoms with Crippen LogP contribution in [0.1, 0.15) is 11.3 Å². The Balaban J connectivity index is 1.94. The van der Waals surface area contributed by atoms with Crippen molar-refractivity contribution in [2.45, 2.75) is 13.5 Å². The number of rotatable bonds is 3. The van der Waals surface area contributed by atoms with Crippen LogP contribution in [0.4, 0.5) is 0 Å². The van der Waals surface area contributed by atoms with Crippen LogP contribution in [0, 0.1) is 6.92 Å². The van der Waals surface area contributed by atoms with Crippen LogP contribution in [0.3, 0.4) is 0 Å². The fraction of sp³-hybridized carbons (Fsp3) is 0.118. The van der Waals surface area contributed by atoms with Crippen molar-refractivity contribution in [2.75, 3.05) is 0 Å². The summed E-state index contributed by atoms with van der Waals surface area (Å²) in [6, 6.07) is 22.6. The van der Waals surface area contributed by atoms with Gasteiger partial charge in [0.25, 0.3) is 5.52 Å². The molecule has 19 heavy (non-hydrogen) atoms. The van der Waals surface area contributed by atoms with Gasteiger partial charge in [-0.25, -0.2) is 0 Å². The third-order valence-electron chi connectivity index (χ3n) is 3.18. The molecular formula is C17H16NO+. The Hall–Kier alpha value is -2.35. The lowest BCUT2D eigenvalue weighted by Crippen LogP contribution is -2.45. The van der Waals surface area contributed by atoms with Gasteiger partial charge in [-0.2, -0.15) is 0 Å². The fourth-order valence-electron chi connectivity index (χ4n) is 2.17. The van der Waals surface area contributed by atoms with Gasteiger partial charge in [0.15, 0.2) is 6.61 Å². The molecule has 0 aliphatic carbocycles. The minimum absolute atomic E-state index is 0.570. The van der Waals surface area contributed by atoms with Crippen LogP contribution in [-0.4, -0.2) is 0 Å². The molecule has 94 valence electrons. The van der Waals surface area contributed by atoms with E-state index in [4.69, 9.17) is 4.84 Å². The first-order chi connectivity index (χ1) is 9.34. The number of hydrogen-bond donors (Lipinski definition) is 0. The van der Waals surface area contributed by atoms with Gasteiger partial charge in [-0.3, -0.25) is 4.84 Å². The zero-order valence-corrected chi connectivity index (χ0v) is 10.9. The van der Waals surface area contributed by atoms with Crippen molar-refractivity contribution >= 4 is 10.9 Å². The number of nitrogens with zero attached hydrogens (tertiary/aromatic N) is 1. The molecule has 0 amide bonds. The van der Waals surface area contributed by atoms with E-state index >= 15 is 0 Å². The van der Waals surface area contributed by atoms with Crippen LogP contribution in [0.5, 0.6) is 0 Å². The smallest absolute Gasteiger partial charge is 0.265 e. The monoisotopic (exact) mass is 250 g/mol. The Morgan fingerprint density at radius 3 is 2.42 bits per heavy atom. The van der Waals surface area contributed by atoms with E-state index in [1.807, 2.05) is 35.1 Å². The third-order valence-corrected chi connectivity index (χ3v) is 3.18. The largest absolute Gasteiger partial charge is 0.266 e. The van der Waals surface area contributed by atoms with Crippen molar-refractivity contribution in [1.82, 2.24) is 0 Å². The summed E-state index contributed by atoms with van der Waals surface area (Å²) in [6.45, 7) is 2.62. The zero-order valence-electron chi connectivity index (χ0n) is 10.9. The van der Waals surface area contributed by atoms with E-state index in [0.717, 1.165) is 11.2 Å². The van der Waals surface area contributed by atoms with E-state index in [9.17, 15) is 0 Å². The predicted octanol–water partition coefficient (Wildman–Crippen LogP) is 3.06. The minimum atomic E-state index is 0.570. The van der Waals surface area contributed by atoms with E-state index in [1.54, 1.807) is 0 Å². The summed E-state index contributed by atoms with van der Waals surface area (Å²) in [4.78, 5) is 5.95. The number of hydrogen-bond acceptors (Lipinski definition) is 1. The normalized spacial score (nSPS) is 10.6. The highest BCUT2D eigenvalue weighted by atomic mass is 16.7. The summed E-state index contributed by atoms with van der Waals surface area (Å²) < 4.78 is 1.91. The van der Waals surface area contributed by atoms with Gasteiger partial charge >= 0.3 is 0 Å². The van der Waals surface area contributed by atoms with Crippen molar-refractivity contribution < 1.29 is 9.57 Å². The molecule has 0 unspecified atom stereocenters. The van der Waals surface area contributed by atoms with Gasteiger partial charge in [-0.15, -0.1) is 0 Å². The van der Waals surface area contributed by atoms with Gasteiger partial charge in [0.2, 0.25) is 5.69 Å². The fourth-order valence-corrected chi connectivity index (χ4v) is 2.17. The molecule has 0 aliphatic rings. The molecule has 0 radical (unpaired) electrons. The molecule has 1 heterocycles. The molecule has 0 spiro atoms. The van der Waals surface area contributed by atoms with Crippen LogP contribution in [0.2, 0.25) is 0 Å². The zero-order chi connectivity index (χ0) is 13.1. The molecule has 2 nitrogen and oxygen atoms in total. The first-order valence-corrected chi connectivity index (χ1v) is 6.42. The standard InChI is InChI=1S/C17H16NO/c1-14-11-12-16-9-5-6-10-17(16)18(14)19-13-15-7-3-2-4-8-15/h2-12H,13H2,1H3/q+1. The molecule has 0 fully saturated rings. The molecule has 2 heteroatoms. The van der Waals surface area contributed by atoms with Crippen molar-refractivity contribution in [3.8, 4) is 0 Å². The summed E-state index contributed by atoms with van der Waals surface area (Å²) >= 11 is 0. The van der Waals surface area contributed by atoms with E-state index in [2.05, 4.69) is 43.3 Å². The molecule has 0 saturated heterocycles. The molecule has 0 saturated carbocycles. The average molecular weight is 250 g/mol. The summed E-state index contributed by atoms with van der Waals surface area (Å²) in [5.74, 6) is 0. The minimum Gasteiger partial charge on any atom is -0.266 e. The lowest BCUT2D eigenvalue weighted by molar-refractivity contribution is -0.879. The molecule has 3 aromatic rings. The van der Waals surface area contributed by atoms with Gasteiger partial charge in [-0.1, -0.05) is 42.5 Å². The van der Waals surface area contributed by atoms with E-state index in [1.165, 1.54) is 10.9 Å². The third kappa shape index (κ3) is 2.43. The number of aromatic nitrogens is 1. The van der Waals surface area contributed by atoms with Crippen LogP contribution < -0.4 is 9.57 Å². The summed E-state index contributed by atoms with van der Waals surface area (Å²) in [6.07, 6.45) is 0.